The van der Waals surface area contributed by atoms with Crippen LogP contribution in [-0.2, 0) is 0 Å². The van der Waals surface area contributed by atoms with Gasteiger partial charge in [0.1, 0.15) is 11.6 Å². The number of hydrazine groups is 1. The molecule has 6 nitrogen and oxygen atoms in total. The van der Waals surface area contributed by atoms with Gasteiger partial charge < -0.3 is 16.5 Å². The molecule has 0 radical (unpaired) electrons. The third kappa shape index (κ3) is 2.61. The maximum absolute atomic E-state index is 6.12. The van der Waals surface area contributed by atoms with E-state index in [1.807, 2.05) is 19.1 Å². The lowest BCUT2D eigenvalue weighted by Gasteiger charge is -2.11. The smallest absolute Gasteiger partial charge is 0.223 e. The lowest BCUT2D eigenvalue weighted by molar-refractivity contribution is 1.15. The van der Waals surface area contributed by atoms with E-state index >= 15 is 0 Å². The quantitative estimate of drug-likeness (QED) is 0.500. The highest BCUT2D eigenvalue weighted by Gasteiger charge is 2.06. The molecule has 0 aliphatic rings. The number of nitrogens with zero attached hydrogens (tertiary/aromatic N) is 2. The predicted molar refractivity (Wildman–Crippen MR) is 73.7 cm³/mol. The summed E-state index contributed by atoms with van der Waals surface area (Å²) in [5, 5.41) is 3.70. The van der Waals surface area contributed by atoms with Crippen molar-refractivity contribution in [2.24, 2.45) is 5.84 Å². The second kappa shape index (κ2) is 5.07. The predicted octanol–water partition coefficient (Wildman–Crippen LogP) is 2.05. The first-order valence-electron chi connectivity index (χ1n) is 5.23. The van der Waals surface area contributed by atoms with Crippen LogP contribution in [-0.4, -0.2) is 9.97 Å². The molecule has 1 aromatic carbocycles. The summed E-state index contributed by atoms with van der Waals surface area (Å²) in [6, 6.07) is 7.26. The molecule has 0 unspecified atom stereocenters. The summed E-state index contributed by atoms with van der Waals surface area (Å²) in [4.78, 5) is 7.96. The van der Waals surface area contributed by atoms with Gasteiger partial charge in [-0.3, -0.25) is 0 Å². The molecule has 0 aliphatic carbocycles. The van der Waals surface area contributed by atoms with Crippen LogP contribution in [0.3, 0.4) is 0 Å². The molecule has 0 aliphatic heterocycles. The summed E-state index contributed by atoms with van der Waals surface area (Å²) < 4.78 is 0. The average molecular weight is 265 g/mol. The van der Waals surface area contributed by atoms with Crippen molar-refractivity contribution in [3.63, 3.8) is 0 Å². The van der Waals surface area contributed by atoms with E-state index in [-0.39, 0.29) is 5.95 Å². The van der Waals surface area contributed by atoms with Gasteiger partial charge in [-0.2, -0.15) is 9.97 Å². The van der Waals surface area contributed by atoms with Crippen molar-refractivity contribution < 1.29 is 0 Å². The number of halogens is 1. The minimum Gasteiger partial charge on any atom is -0.368 e. The zero-order chi connectivity index (χ0) is 13.1. The fourth-order valence-electron chi connectivity index (χ4n) is 1.52. The molecule has 94 valence electrons. The molecule has 0 amide bonds. The van der Waals surface area contributed by atoms with E-state index in [1.54, 1.807) is 12.1 Å². The molecule has 0 bridgehead atoms. The molecule has 1 heterocycles. The first-order valence-corrected chi connectivity index (χ1v) is 5.61. The van der Waals surface area contributed by atoms with Gasteiger partial charge in [0.15, 0.2) is 0 Å². The van der Waals surface area contributed by atoms with E-state index in [9.17, 15) is 0 Å². The average Bonchev–Trinajstić information content (AvgIpc) is 2.33. The number of hydrogen-bond donors (Lipinski definition) is 4. The molecule has 6 N–H and O–H groups in total. The number of aromatic nitrogens is 2. The van der Waals surface area contributed by atoms with Gasteiger partial charge in [0.2, 0.25) is 5.95 Å². The van der Waals surface area contributed by atoms with Gasteiger partial charge in [0.05, 0.1) is 10.7 Å². The highest BCUT2D eigenvalue weighted by Crippen LogP contribution is 2.28. The Morgan fingerprint density at radius 1 is 1.22 bits per heavy atom. The van der Waals surface area contributed by atoms with Crippen molar-refractivity contribution in [1.82, 2.24) is 9.97 Å². The number of para-hydroxylation sites is 1. The number of benzene rings is 1. The van der Waals surface area contributed by atoms with Crippen LogP contribution in [0.5, 0.6) is 0 Å². The van der Waals surface area contributed by atoms with E-state index < -0.39 is 0 Å². The van der Waals surface area contributed by atoms with E-state index in [0.717, 1.165) is 11.3 Å². The molecule has 7 heteroatoms. The largest absolute Gasteiger partial charge is 0.368 e. The lowest BCUT2D eigenvalue weighted by Crippen LogP contribution is -2.11. The second-order valence-electron chi connectivity index (χ2n) is 3.70. The zero-order valence-corrected chi connectivity index (χ0v) is 10.5. The molecule has 0 saturated carbocycles. The summed E-state index contributed by atoms with van der Waals surface area (Å²) in [6.45, 7) is 1.95. The fraction of sp³-hybridized carbons (Fsp3) is 0.0909. The van der Waals surface area contributed by atoms with Crippen LogP contribution < -0.4 is 22.3 Å². The number of hydrogen-bond acceptors (Lipinski definition) is 6. The van der Waals surface area contributed by atoms with Gasteiger partial charge in [-0.1, -0.05) is 23.7 Å². The first-order chi connectivity index (χ1) is 8.60. The first kappa shape index (κ1) is 12.4. The third-order valence-electron chi connectivity index (χ3n) is 2.37. The third-order valence-corrected chi connectivity index (χ3v) is 2.68. The maximum Gasteiger partial charge on any atom is 0.223 e. The Hall–Kier alpha value is -2.05. The van der Waals surface area contributed by atoms with Crippen LogP contribution in [0, 0.1) is 6.92 Å². The molecule has 0 fully saturated rings. The number of rotatable bonds is 3. The van der Waals surface area contributed by atoms with Crippen LogP contribution in [0.15, 0.2) is 24.3 Å². The monoisotopic (exact) mass is 264 g/mol. The topological polar surface area (TPSA) is 102 Å². The van der Waals surface area contributed by atoms with Gasteiger partial charge in [-0.05, 0) is 18.6 Å². The van der Waals surface area contributed by atoms with Crippen LogP contribution in [0.4, 0.5) is 23.3 Å². The molecule has 0 saturated heterocycles. The number of aryl methyl sites for hydroxylation is 1. The van der Waals surface area contributed by atoms with Gasteiger partial charge in [-0.15, -0.1) is 0 Å². The zero-order valence-electron chi connectivity index (χ0n) is 9.74. The van der Waals surface area contributed by atoms with Crippen molar-refractivity contribution >= 4 is 34.9 Å². The SMILES string of the molecule is Cc1cccc(Cl)c1Nc1cc(NN)nc(N)n1. The molecular weight excluding hydrogens is 252 g/mol. The van der Waals surface area contributed by atoms with Crippen LogP contribution in [0.2, 0.25) is 5.02 Å². The van der Waals surface area contributed by atoms with Crippen molar-refractivity contribution in [1.29, 1.82) is 0 Å². The minimum absolute atomic E-state index is 0.123. The summed E-state index contributed by atoms with van der Waals surface area (Å²) in [7, 11) is 0. The second-order valence-corrected chi connectivity index (χ2v) is 4.10. The summed E-state index contributed by atoms with van der Waals surface area (Å²) in [5.74, 6) is 6.36. The van der Waals surface area contributed by atoms with Crippen molar-refractivity contribution in [2.75, 3.05) is 16.5 Å². The van der Waals surface area contributed by atoms with Gasteiger partial charge in [0, 0.05) is 6.07 Å². The minimum atomic E-state index is 0.123. The van der Waals surface area contributed by atoms with Crippen LogP contribution in [0.1, 0.15) is 5.56 Å². The summed E-state index contributed by atoms with van der Waals surface area (Å²) in [5.41, 5.74) is 9.77. The fourth-order valence-corrected chi connectivity index (χ4v) is 1.79. The van der Waals surface area contributed by atoms with E-state index in [1.165, 1.54) is 0 Å². The van der Waals surface area contributed by atoms with E-state index in [2.05, 4.69) is 20.7 Å². The summed E-state index contributed by atoms with van der Waals surface area (Å²) >= 11 is 6.12. The highest BCUT2D eigenvalue weighted by molar-refractivity contribution is 6.33. The van der Waals surface area contributed by atoms with Gasteiger partial charge in [-0.25, -0.2) is 5.84 Å². The molecule has 2 aromatic rings. The van der Waals surface area contributed by atoms with Gasteiger partial charge in [0.25, 0.3) is 0 Å². The molecule has 2 rings (SSSR count). The molecule has 1 aromatic heterocycles. The standard InChI is InChI=1S/C11H13ClN6/c1-6-3-2-4-7(12)10(6)15-8-5-9(18-14)17-11(13)16-8/h2-5H,14H2,1H3,(H4,13,15,16,17,18). The van der Waals surface area contributed by atoms with Crippen LogP contribution in [0.25, 0.3) is 0 Å². The van der Waals surface area contributed by atoms with E-state index in [4.69, 9.17) is 23.2 Å². The number of nitrogens with two attached hydrogens (primary N) is 2. The lowest BCUT2D eigenvalue weighted by atomic mass is 10.2. The maximum atomic E-state index is 6.12. The van der Waals surface area contributed by atoms with Gasteiger partial charge >= 0.3 is 0 Å². The van der Waals surface area contributed by atoms with E-state index in [0.29, 0.717) is 16.7 Å². The Bertz CT molecular complexity index is 551. The normalized spacial score (nSPS) is 10.2. The van der Waals surface area contributed by atoms with Crippen molar-refractivity contribution in [2.45, 2.75) is 6.92 Å². The highest BCUT2D eigenvalue weighted by atomic mass is 35.5. The Labute approximate surface area is 109 Å². The number of nitrogens with one attached hydrogen (secondary N) is 2. The Morgan fingerprint density at radius 3 is 2.61 bits per heavy atom. The van der Waals surface area contributed by atoms with Crippen LogP contribution >= 0.6 is 11.6 Å². The molecular formula is C11H13ClN6. The molecule has 0 spiro atoms. The Balaban J connectivity index is 2.37. The number of anilines is 4. The Morgan fingerprint density at radius 2 is 1.94 bits per heavy atom. The number of nitrogen functional groups attached to an aromatic ring is 2. The molecule has 18 heavy (non-hydrogen) atoms. The Kier molecular flexibility index (Phi) is 3.50. The van der Waals surface area contributed by atoms with Crippen molar-refractivity contribution in [3.8, 4) is 0 Å². The molecule has 0 atom stereocenters. The van der Waals surface area contributed by atoms with Crippen molar-refractivity contribution in [3.05, 3.63) is 34.9 Å². The summed E-state index contributed by atoms with van der Waals surface area (Å²) in [6.07, 6.45) is 0.